The van der Waals surface area contributed by atoms with E-state index in [2.05, 4.69) is 0 Å². The lowest BCUT2D eigenvalue weighted by Crippen LogP contribution is -2.07. The Morgan fingerprint density at radius 3 is 2.67 bits per heavy atom. The van der Waals surface area contributed by atoms with E-state index in [1.54, 1.807) is 24.3 Å². The van der Waals surface area contributed by atoms with Gasteiger partial charge in [0.15, 0.2) is 5.78 Å². The second-order valence-corrected chi connectivity index (χ2v) is 4.77. The molecular weight excluding hydrogens is 294 g/mol. The van der Waals surface area contributed by atoms with Crippen molar-refractivity contribution < 1.29 is 14.5 Å². The zero-order valence-corrected chi connectivity index (χ0v) is 12.0. The minimum absolute atomic E-state index is 0.0894. The van der Waals surface area contributed by atoms with Crippen LogP contribution in [0.3, 0.4) is 0 Å². The lowest BCUT2D eigenvalue weighted by Gasteiger charge is -2.07. The summed E-state index contributed by atoms with van der Waals surface area (Å²) >= 11 is 5.75. The maximum absolute atomic E-state index is 12.3. The summed E-state index contributed by atoms with van der Waals surface area (Å²) in [5, 5.41) is 11.3. The van der Waals surface area contributed by atoms with Gasteiger partial charge >= 0.3 is 0 Å². The van der Waals surface area contributed by atoms with Gasteiger partial charge in [0, 0.05) is 23.1 Å². The largest absolute Gasteiger partial charge is 0.496 e. The van der Waals surface area contributed by atoms with Crippen molar-refractivity contribution in [2.45, 2.75) is 6.42 Å². The number of hydrogen-bond donors (Lipinski definition) is 0. The molecule has 5 nitrogen and oxygen atoms in total. The number of methoxy groups -OCH3 is 1. The zero-order chi connectivity index (χ0) is 15.4. The Balaban J connectivity index is 2.34. The summed E-state index contributed by atoms with van der Waals surface area (Å²) in [5.41, 5.74) is 0.551. The molecule has 0 aromatic heterocycles. The van der Waals surface area contributed by atoms with Gasteiger partial charge in [0.25, 0.3) is 5.69 Å². The number of hydrogen-bond acceptors (Lipinski definition) is 4. The number of nitrogens with zero attached hydrogens (tertiary/aromatic N) is 1. The highest BCUT2D eigenvalue weighted by Gasteiger charge is 2.19. The van der Waals surface area contributed by atoms with Gasteiger partial charge in [-0.2, -0.15) is 0 Å². The van der Waals surface area contributed by atoms with E-state index in [0.29, 0.717) is 16.9 Å². The van der Waals surface area contributed by atoms with Crippen molar-refractivity contribution in [1.82, 2.24) is 0 Å². The van der Waals surface area contributed by atoms with Gasteiger partial charge in [-0.3, -0.25) is 14.9 Å². The molecule has 6 heteroatoms. The molecule has 108 valence electrons. The minimum Gasteiger partial charge on any atom is -0.496 e. The van der Waals surface area contributed by atoms with E-state index in [1.807, 2.05) is 0 Å². The maximum Gasteiger partial charge on any atom is 0.274 e. The standard InChI is InChI=1S/C15H12ClNO4/c1-21-15-5-3-2-4-12(15)14(18)8-10-6-7-11(16)9-13(10)17(19)20/h2-7,9H,8H2,1H3. The number of Topliss-reactive ketones (excluding diaryl/α,β-unsaturated/α-hetero) is 1. The lowest BCUT2D eigenvalue weighted by atomic mass is 10.0. The van der Waals surface area contributed by atoms with E-state index >= 15 is 0 Å². The van der Waals surface area contributed by atoms with Crippen LogP contribution in [0.15, 0.2) is 42.5 Å². The summed E-state index contributed by atoms with van der Waals surface area (Å²) in [6.07, 6.45) is -0.0894. The summed E-state index contributed by atoms with van der Waals surface area (Å²) < 4.78 is 5.13. The third-order valence-electron chi connectivity index (χ3n) is 3.00. The van der Waals surface area contributed by atoms with Crippen molar-refractivity contribution in [2.24, 2.45) is 0 Å². The molecule has 0 unspecified atom stereocenters. The molecule has 2 aromatic rings. The van der Waals surface area contributed by atoms with Gasteiger partial charge in [-0.25, -0.2) is 0 Å². The summed E-state index contributed by atoms with van der Waals surface area (Å²) in [4.78, 5) is 22.8. The second kappa shape index (κ2) is 6.37. The molecule has 2 aromatic carbocycles. The highest BCUT2D eigenvalue weighted by atomic mass is 35.5. The van der Waals surface area contributed by atoms with E-state index in [4.69, 9.17) is 16.3 Å². The number of rotatable bonds is 5. The van der Waals surface area contributed by atoms with E-state index in [1.165, 1.54) is 25.3 Å². The molecule has 0 amide bonds. The molecule has 0 aliphatic rings. The first-order chi connectivity index (χ1) is 10.0. The fourth-order valence-electron chi connectivity index (χ4n) is 2.00. The van der Waals surface area contributed by atoms with E-state index in [-0.39, 0.29) is 22.9 Å². The third kappa shape index (κ3) is 3.38. The molecule has 0 N–H and O–H groups in total. The Morgan fingerprint density at radius 2 is 2.00 bits per heavy atom. The van der Waals surface area contributed by atoms with Crippen molar-refractivity contribution in [2.75, 3.05) is 7.11 Å². The number of para-hydroxylation sites is 1. The highest BCUT2D eigenvalue weighted by Crippen LogP contribution is 2.26. The van der Waals surface area contributed by atoms with Crippen LogP contribution in [0.2, 0.25) is 5.02 Å². The molecule has 0 radical (unpaired) electrons. The van der Waals surface area contributed by atoms with Crippen LogP contribution in [0.5, 0.6) is 5.75 Å². The number of benzene rings is 2. The predicted molar refractivity (Wildman–Crippen MR) is 79.1 cm³/mol. The van der Waals surface area contributed by atoms with Gasteiger partial charge in [-0.15, -0.1) is 0 Å². The van der Waals surface area contributed by atoms with Gasteiger partial charge in [-0.1, -0.05) is 29.8 Å². The number of carbonyl (C=O) groups excluding carboxylic acids is 1. The second-order valence-electron chi connectivity index (χ2n) is 4.33. The maximum atomic E-state index is 12.3. The Morgan fingerprint density at radius 1 is 1.29 bits per heavy atom. The van der Waals surface area contributed by atoms with Crippen LogP contribution in [-0.4, -0.2) is 17.8 Å². The first-order valence-electron chi connectivity index (χ1n) is 6.12. The molecule has 0 spiro atoms. The molecule has 0 fully saturated rings. The van der Waals surface area contributed by atoms with Crippen molar-refractivity contribution in [3.8, 4) is 5.75 Å². The fraction of sp³-hybridized carbons (Fsp3) is 0.133. The van der Waals surface area contributed by atoms with Gasteiger partial charge in [0.05, 0.1) is 17.6 Å². The first kappa shape index (κ1) is 15.0. The average molecular weight is 306 g/mol. The highest BCUT2D eigenvalue weighted by molar-refractivity contribution is 6.30. The van der Waals surface area contributed by atoms with Crippen molar-refractivity contribution in [3.63, 3.8) is 0 Å². The SMILES string of the molecule is COc1ccccc1C(=O)Cc1ccc(Cl)cc1[N+](=O)[O-]. The molecule has 0 aliphatic carbocycles. The van der Waals surface area contributed by atoms with Gasteiger partial charge in [0.2, 0.25) is 0 Å². The molecular formula is C15H12ClNO4. The smallest absolute Gasteiger partial charge is 0.274 e. The Bertz CT molecular complexity index is 700. The number of ketones is 1. The summed E-state index contributed by atoms with van der Waals surface area (Å²) in [5.74, 6) is 0.192. The number of nitro groups is 1. The number of halogens is 1. The van der Waals surface area contributed by atoms with Gasteiger partial charge in [0.1, 0.15) is 5.75 Å². The van der Waals surface area contributed by atoms with Crippen LogP contribution in [-0.2, 0) is 6.42 Å². The number of ether oxygens (including phenoxy) is 1. The van der Waals surface area contributed by atoms with E-state index in [0.717, 1.165) is 0 Å². The topological polar surface area (TPSA) is 69.4 Å². The molecule has 0 bridgehead atoms. The van der Waals surface area contributed by atoms with Crippen molar-refractivity contribution in [1.29, 1.82) is 0 Å². The van der Waals surface area contributed by atoms with E-state index in [9.17, 15) is 14.9 Å². The van der Waals surface area contributed by atoms with Gasteiger partial charge < -0.3 is 4.74 Å². The summed E-state index contributed by atoms with van der Waals surface area (Å²) in [7, 11) is 1.47. The normalized spacial score (nSPS) is 10.2. The molecule has 2 rings (SSSR count). The zero-order valence-electron chi connectivity index (χ0n) is 11.2. The lowest BCUT2D eigenvalue weighted by molar-refractivity contribution is -0.385. The fourth-order valence-corrected chi connectivity index (χ4v) is 2.17. The first-order valence-corrected chi connectivity index (χ1v) is 6.49. The quantitative estimate of drug-likeness (QED) is 0.480. The van der Waals surface area contributed by atoms with Crippen LogP contribution in [0.1, 0.15) is 15.9 Å². The molecule has 21 heavy (non-hydrogen) atoms. The molecule has 0 atom stereocenters. The van der Waals surface area contributed by atoms with Crippen LogP contribution in [0.4, 0.5) is 5.69 Å². The Labute approximate surface area is 126 Å². The van der Waals surface area contributed by atoms with Crippen LogP contribution in [0.25, 0.3) is 0 Å². The minimum atomic E-state index is -0.545. The predicted octanol–water partition coefficient (Wildman–Crippen LogP) is 3.68. The summed E-state index contributed by atoms with van der Waals surface area (Å²) in [6, 6.07) is 11.0. The van der Waals surface area contributed by atoms with Crippen LogP contribution >= 0.6 is 11.6 Å². The number of nitro benzene ring substituents is 1. The molecule has 0 saturated heterocycles. The Kier molecular flexibility index (Phi) is 4.55. The third-order valence-corrected chi connectivity index (χ3v) is 3.24. The monoisotopic (exact) mass is 305 g/mol. The Hall–Kier alpha value is -2.40. The van der Waals surface area contributed by atoms with Gasteiger partial charge in [-0.05, 0) is 18.2 Å². The van der Waals surface area contributed by atoms with Crippen LogP contribution in [0, 0.1) is 10.1 Å². The number of carbonyl (C=O) groups is 1. The van der Waals surface area contributed by atoms with Crippen LogP contribution < -0.4 is 4.74 Å². The average Bonchev–Trinajstić information content (AvgIpc) is 2.48. The molecule has 0 saturated carbocycles. The van der Waals surface area contributed by atoms with Crippen molar-refractivity contribution >= 4 is 23.1 Å². The molecule has 0 heterocycles. The van der Waals surface area contributed by atoms with E-state index < -0.39 is 4.92 Å². The summed E-state index contributed by atoms with van der Waals surface area (Å²) in [6.45, 7) is 0. The van der Waals surface area contributed by atoms with Crippen molar-refractivity contribution in [3.05, 3.63) is 68.7 Å². The molecule has 0 aliphatic heterocycles.